The summed E-state index contributed by atoms with van der Waals surface area (Å²) in [5.41, 5.74) is 2.74. The van der Waals surface area contributed by atoms with Crippen LogP contribution in [0.25, 0.3) is 0 Å². The molecule has 0 saturated carbocycles. The van der Waals surface area contributed by atoms with Gasteiger partial charge in [-0.15, -0.1) is 0 Å². The molecule has 0 atom stereocenters. The molecule has 0 aromatic heterocycles. The third-order valence-electron chi connectivity index (χ3n) is 4.41. The summed E-state index contributed by atoms with van der Waals surface area (Å²) < 4.78 is 0. The van der Waals surface area contributed by atoms with Crippen LogP contribution in [0.15, 0.2) is 24.3 Å². The maximum Gasteiger partial charge on any atom is 0.223 e. The highest BCUT2D eigenvalue weighted by molar-refractivity contribution is 5.76. The van der Waals surface area contributed by atoms with Crippen LogP contribution in [0.1, 0.15) is 30.4 Å². The topological polar surface area (TPSA) is 32.3 Å². The van der Waals surface area contributed by atoms with Gasteiger partial charge in [-0.3, -0.25) is 4.79 Å². The highest BCUT2D eigenvalue weighted by Gasteiger charge is 2.23. The Morgan fingerprint density at radius 1 is 1.21 bits per heavy atom. The van der Waals surface area contributed by atoms with Crippen molar-refractivity contribution in [2.75, 3.05) is 19.6 Å². The number of fused-ring (bicyclic) bond motifs is 1. The Balaban J connectivity index is 1.59. The Bertz CT molecular complexity index is 452. The molecule has 0 unspecified atom stereocenters. The molecule has 0 aliphatic carbocycles. The van der Waals surface area contributed by atoms with Gasteiger partial charge in [0.25, 0.3) is 0 Å². The molecule has 19 heavy (non-hydrogen) atoms. The maximum atomic E-state index is 12.4. The van der Waals surface area contributed by atoms with Gasteiger partial charge in [-0.25, -0.2) is 0 Å². The predicted octanol–water partition coefficient (Wildman–Crippen LogP) is 1.96. The molecule has 102 valence electrons. The molecule has 2 aliphatic rings. The monoisotopic (exact) mass is 258 g/mol. The zero-order valence-electron chi connectivity index (χ0n) is 11.4. The number of piperidine rings is 1. The lowest BCUT2D eigenvalue weighted by molar-refractivity contribution is -0.133. The van der Waals surface area contributed by atoms with E-state index in [1.165, 1.54) is 11.1 Å². The van der Waals surface area contributed by atoms with Crippen molar-refractivity contribution in [2.24, 2.45) is 5.92 Å². The molecule has 2 aliphatic heterocycles. The van der Waals surface area contributed by atoms with E-state index in [0.29, 0.717) is 11.8 Å². The van der Waals surface area contributed by atoms with E-state index in [0.717, 1.165) is 51.9 Å². The Morgan fingerprint density at radius 2 is 1.95 bits per heavy atom. The molecule has 1 aromatic carbocycles. The minimum Gasteiger partial charge on any atom is -0.338 e. The Hall–Kier alpha value is -1.35. The first-order valence-corrected chi connectivity index (χ1v) is 7.38. The molecule has 3 heteroatoms. The van der Waals surface area contributed by atoms with Gasteiger partial charge in [0.05, 0.1) is 0 Å². The highest BCUT2D eigenvalue weighted by atomic mass is 16.2. The van der Waals surface area contributed by atoms with E-state index in [4.69, 9.17) is 0 Å². The molecular weight excluding hydrogens is 236 g/mol. The second-order valence-electron chi connectivity index (χ2n) is 5.73. The molecule has 0 bridgehead atoms. The number of hydrogen-bond donors (Lipinski definition) is 1. The van der Waals surface area contributed by atoms with E-state index in [9.17, 15) is 4.79 Å². The van der Waals surface area contributed by atoms with Gasteiger partial charge in [0.1, 0.15) is 0 Å². The van der Waals surface area contributed by atoms with E-state index < -0.39 is 0 Å². The Kier molecular flexibility index (Phi) is 3.83. The zero-order chi connectivity index (χ0) is 13.1. The fourth-order valence-corrected chi connectivity index (χ4v) is 3.17. The van der Waals surface area contributed by atoms with Crippen LogP contribution in [-0.4, -0.2) is 30.4 Å². The van der Waals surface area contributed by atoms with E-state index in [2.05, 4.69) is 29.6 Å². The van der Waals surface area contributed by atoms with Crippen LogP contribution in [0, 0.1) is 5.92 Å². The molecular formula is C16H22N2O. The summed E-state index contributed by atoms with van der Waals surface area (Å²) in [6, 6.07) is 8.49. The third kappa shape index (κ3) is 2.98. The lowest BCUT2D eigenvalue weighted by atomic mass is 9.93. The molecule has 1 amide bonds. The minimum atomic E-state index is 0.349. The van der Waals surface area contributed by atoms with Gasteiger partial charge >= 0.3 is 0 Å². The van der Waals surface area contributed by atoms with Gasteiger partial charge in [-0.05, 0) is 49.4 Å². The number of hydrogen-bond acceptors (Lipinski definition) is 2. The van der Waals surface area contributed by atoms with Crippen molar-refractivity contribution < 1.29 is 4.79 Å². The van der Waals surface area contributed by atoms with Gasteiger partial charge in [0.2, 0.25) is 5.91 Å². The summed E-state index contributed by atoms with van der Waals surface area (Å²) in [5, 5.41) is 3.36. The first-order valence-electron chi connectivity index (χ1n) is 7.38. The smallest absolute Gasteiger partial charge is 0.223 e. The SMILES string of the molecule is O=C(CC1CCNCC1)N1CCc2ccccc2C1. The van der Waals surface area contributed by atoms with Crippen molar-refractivity contribution in [3.05, 3.63) is 35.4 Å². The van der Waals surface area contributed by atoms with Crippen LogP contribution in [-0.2, 0) is 17.8 Å². The lowest BCUT2D eigenvalue weighted by Gasteiger charge is -2.31. The third-order valence-corrected chi connectivity index (χ3v) is 4.41. The van der Waals surface area contributed by atoms with E-state index >= 15 is 0 Å². The highest BCUT2D eigenvalue weighted by Crippen LogP contribution is 2.22. The van der Waals surface area contributed by atoms with E-state index in [-0.39, 0.29) is 0 Å². The molecule has 1 aromatic rings. The van der Waals surface area contributed by atoms with Crippen molar-refractivity contribution in [1.82, 2.24) is 10.2 Å². The average molecular weight is 258 g/mol. The van der Waals surface area contributed by atoms with Gasteiger partial charge in [-0.2, -0.15) is 0 Å². The molecule has 3 nitrogen and oxygen atoms in total. The van der Waals surface area contributed by atoms with Crippen LogP contribution >= 0.6 is 0 Å². The second kappa shape index (κ2) is 5.74. The van der Waals surface area contributed by atoms with Crippen LogP contribution in [0.4, 0.5) is 0 Å². The van der Waals surface area contributed by atoms with Crippen molar-refractivity contribution >= 4 is 5.91 Å². The first kappa shape index (κ1) is 12.7. The molecule has 1 saturated heterocycles. The van der Waals surface area contributed by atoms with Crippen LogP contribution in [0.5, 0.6) is 0 Å². The number of amides is 1. The number of nitrogens with one attached hydrogen (secondary N) is 1. The Labute approximate surface area is 115 Å². The largest absolute Gasteiger partial charge is 0.338 e. The van der Waals surface area contributed by atoms with Crippen molar-refractivity contribution in [2.45, 2.75) is 32.2 Å². The second-order valence-corrected chi connectivity index (χ2v) is 5.73. The standard InChI is InChI=1S/C16H22N2O/c19-16(11-13-5-8-17-9-6-13)18-10-7-14-3-1-2-4-15(14)12-18/h1-4,13,17H,5-12H2. The number of carbonyl (C=O) groups excluding carboxylic acids is 1. The predicted molar refractivity (Wildman–Crippen MR) is 75.8 cm³/mol. The molecule has 0 radical (unpaired) electrons. The van der Waals surface area contributed by atoms with Crippen LogP contribution in [0.3, 0.4) is 0 Å². The normalized spacial score (nSPS) is 20.1. The summed E-state index contributed by atoms with van der Waals surface area (Å²) in [6.07, 6.45) is 4.05. The van der Waals surface area contributed by atoms with Gasteiger partial charge < -0.3 is 10.2 Å². The van der Waals surface area contributed by atoms with Gasteiger partial charge in [0, 0.05) is 19.5 Å². The molecule has 2 heterocycles. The van der Waals surface area contributed by atoms with Crippen LogP contribution in [0.2, 0.25) is 0 Å². The molecule has 1 fully saturated rings. The molecule has 3 rings (SSSR count). The first-order chi connectivity index (χ1) is 9.33. The summed E-state index contributed by atoms with van der Waals surface area (Å²) in [4.78, 5) is 14.4. The van der Waals surface area contributed by atoms with E-state index in [1.54, 1.807) is 0 Å². The van der Waals surface area contributed by atoms with Gasteiger partial charge in [-0.1, -0.05) is 24.3 Å². The summed E-state index contributed by atoms with van der Waals surface area (Å²) >= 11 is 0. The number of benzene rings is 1. The fraction of sp³-hybridized carbons (Fsp3) is 0.562. The molecule has 1 N–H and O–H groups in total. The van der Waals surface area contributed by atoms with Crippen molar-refractivity contribution in [3.63, 3.8) is 0 Å². The number of nitrogens with zero attached hydrogens (tertiary/aromatic N) is 1. The quantitative estimate of drug-likeness (QED) is 0.879. The lowest BCUT2D eigenvalue weighted by Crippen LogP contribution is -2.38. The average Bonchev–Trinajstić information content (AvgIpc) is 2.48. The van der Waals surface area contributed by atoms with Crippen LogP contribution < -0.4 is 5.32 Å². The number of carbonyl (C=O) groups is 1. The summed E-state index contributed by atoms with van der Waals surface area (Å²) in [6.45, 7) is 3.84. The van der Waals surface area contributed by atoms with Crippen molar-refractivity contribution in [1.29, 1.82) is 0 Å². The zero-order valence-corrected chi connectivity index (χ0v) is 11.4. The van der Waals surface area contributed by atoms with E-state index in [1.807, 2.05) is 4.90 Å². The minimum absolute atomic E-state index is 0.349. The maximum absolute atomic E-state index is 12.4. The summed E-state index contributed by atoms with van der Waals surface area (Å²) in [7, 11) is 0. The Morgan fingerprint density at radius 3 is 2.74 bits per heavy atom. The fourth-order valence-electron chi connectivity index (χ4n) is 3.17. The summed E-state index contributed by atoms with van der Waals surface area (Å²) in [5.74, 6) is 0.937. The molecule has 0 spiro atoms. The number of rotatable bonds is 2. The van der Waals surface area contributed by atoms with Crippen molar-refractivity contribution in [3.8, 4) is 0 Å². The van der Waals surface area contributed by atoms with Gasteiger partial charge in [0.15, 0.2) is 0 Å².